The number of rotatable bonds is 8. The van der Waals surface area contributed by atoms with E-state index in [0.717, 1.165) is 5.56 Å². The fraction of sp³-hybridized carbons (Fsp3) is 0.400. The van der Waals surface area contributed by atoms with Crippen LogP contribution in [0.4, 0.5) is 0 Å². The highest BCUT2D eigenvalue weighted by molar-refractivity contribution is 7.80. The summed E-state index contributed by atoms with van der Waals surface area (Å²) in [6.07, 6.45) is 0.343. The van der Waals surface area contributed by atoms with Crippen molar-refractivity contribution in [3.63, 3.8) is 0 Å². The molecule has 0 aliphatic carbocycles. The maximum atomic E-state index is 12.0. The molecule has 0 saturated heterocycles. The molecule has 1 aromatic carbocycles. The summed E-state index contributed by atoms with van der Waals surface area (Å²) in [7, 11) is 0. The van der Waals surface area contributed by atoms with Crippen molar-refractivity contribution in [1.29, 1.82) is 0 Å². The van der Waals surface area contributed by atoms with Crippen LogP contribution in [-0.2, 0) is 20.8 Å². The van der Waals surface area contributed by atoms with Crippen LogP contribution < -0.4 is 16.4 Å². The number of aliphatic carboxylic acids is 1. The summed E-state index contributed by atoms with van der Waals surface area (Å²) in [5, 5.41) is 13.6. The third kappa shape index (κ3) is 6.29. The minimum Gasteiger partial charge on any atom is -0.480 e. The Kier molecular flexibility index (Phi) is 7.56. The van der Waals surface area contributed by atoms with E-state index in [9.17, 15) is 14.4 Å². The molecule has 7 nitrogen and oxygen atoms in total. The molecular weight excluding hydrogens is 318 g/mol. The lowest BCUT2D eigenvalue weighted by Gasteiger charge is -2.19. The zero-order chi connectivity index (χ0) is 17.4. The Labute approximate surface area is 140 Å². The van der Waals surface area contributed by atoms with Gasteiger partial charge in [-0.15, -0.1) is 0 Å². The number of hydrogen-bond acceptors (Lipinski definition) is 5. The first kappa shape index (κ1) is 19.0. The minimum absolute atomic E-state index is 0.0464. The maximum Gasteiger partial charge on any atom is 0.327 e. The van der Waals surface area contributed by atoms with Crippen LogP contribution in [0, 0.1) is 0 Å². The first-order valence-electron chi connectivity index (χ1n) is 7.09. The van der Waals surface area contributed by atoms with E-state index in [1.807, 2.05) is 30.3 Å². The molecule has 126 valence electrons. The molecule has 0 aliphatic rings. The van der Waals surface area contributed by atoms with Crippen LogP contribution >= 0.6 is 12.6 Å². The number of amides is 2. The van der Waals surface area contributed by atoms with Crippen molar-refractivity contribution in [2.24, 2.45) is 5.73 Å². The van der Waals surface area contributed by atoms with Crippen LogP contribution in [0.1, 0.15) is 12.5 Å². The number of thiol groups is 1. The lowest BCUT2D eigenvalue weighted by Crippen LogP contribution is -2.54. The smallest absolute Gasteiger partial charge is 0.327 e. The van der Waals surface area contributed by atoms with Gasteiger partial charge in [-0.2, -0.15) is 12.6 Å². The van der Waals surface area contributed by atoms with Crippen molar-refractivity contribution in [2.75, 3.05) is 5.75 Å². The molecule has 0 heterocycles. The third-order valence-corrected chi connectivity index (χ3v) is 3.55. The van der Waals surface area contributed by atoms with Crippen LogP contribution in [0.5, 0.6) is 0 Å². The van der Waals surface area contributed by atoms with E-state index in [-0.39, 0.29) is 5.75 Å². The summed E-state index contributed by atoms with van der Waals surface area (Å²) in [6.45, 7) is 1.46. The van der Waals surface area contributed by atoms with Gasteiger partial charge < -0.3 is 21.5 Å². The fourth-order valence-electron chi connectivity index (χ4n) is 1.83. The van der Waals surface area contributed by atoms with E-state index in [4.69, 9.17) is 10.8 Å². The van der Waals surface area contributed by atoms with Crippen molar-refractivity contribution in [3.05, 3.63) is 35.9 Å². The van der Waals surface area contributed by atoms with Crippen LogP contribution in [0.2, 0.25) is 0 Å². The highest BCUT2D eigenvalue weighted by Gasteiger charge is 2.24. The summed E-state index contributed by atoms with van der Waals surface area (Å²) in [5.74, 6) is -2.32. The minimum atomic E-state index is -1.19. The number of carboxylic acid groups (broad SMARTS) is 1. The molecule has 5 N–H and O–H groups in total. The van der Waals surface area contributed by atoms with Gasteiger partial charge in [0.1, 0.15) is 12.1 Å². The van der Waals surface area contributed by atoms with Crippen LogP contribution in [0.3, 0.4) is 0 Å². The van der Waals surface area contributed by atoms with Gasteiger partial charge in [-0.25, -0.2) is 4.79 Å². The average Bonchev–Trinajstić information content (AvgIpc) is 2.52. The quantitative estimate of drug-likeness (QED) is 0.411. The second-order valence-corrected chi connectivity index (χ2v) is 5.47. The van der Waals surface area contributed by atoms with E-state index in [0.29, 0.717) is 6.42 Å². The molecule has 3 unspecified atom stereocenters. The number of nitrogens with two attached hydrogens (primary N) is 1. The van der Waals surface area contributed by atoms with Gasteiger partial charge in [0.15, 0.2) is 0 Å². The Hall–Kier alpha value is -2.06. The second kappa shape index (κ2) is 9.16. The number of nitrogens with one attached hydrogen (secondary N) is 2. The Balaban J connectivity index is 2.51. The lowest BCUT2D eigenvalue weighted by atomic mass is 10.1. The summed E-state index contributed by atoms with van der Waals surface area (Å²) < 4.78 is 0. The molecule has 0 spiro atoms. The Bertz CT molecular complexity index is 553. The number of benzene rings is 1. The van der Waals surface area contributed by atoms with Crippen molar-refractivity contribution < 1.29 is 19.5 Å². The summed E-state index contributed by atoms with van der Waals surface area (Å²) in [4.78, 5) is 34.7. The van der Waals surface area contributed by atoms with Gasteiger partial charge in [0.2, 0.25) is 11.8 Å². The predicted molar refractivity (Wildman–Crippen MR) is 89.1 cm³/mol. The molecule has 0 aromatic heterocycles. The molecule has 3 atom stereocenters. The molecule has 8 heteroatoms. The highest BCUT2D eigenvalue weighted by Crippen LogP contribution is 2.02. The van der Waals surface area contributed by atoms with Crippen LogP contribution in [0.15, 0.2) is 30.3 Å². The SMILES string of the molecule is CC(NC(=O)C(N)Cc1ccccc1)C(=O)NC(CS)C(=O)O. The molecule has 0 fully saturated rings. The van der Waals surface area contributed by atoms with E-state index in [2.05, 4.69) is 23.3 Å². The van der Waals surface area contributed by atoms with Crippen molar-refractivity contribution in [1.82, 2.24) is 10.6 Å². The number of hydrogen-bond donors (Lipinski definition) is 5. The summed E-state index contributed by atoms with van der Waals surface area (Å²) in [5.41, 5.74) is 6.73. The lowest BCUT2D eigenvalue weighted by molar-refractivity contribution is -0.141. The van der Waals surface area contributed by atoms with Gasteiger partial charge in [0, 0.05) is 5.75 Å². The molecule has 1 rings (SSSR count). The largest absolute Gasteiger partial charge is 0.480 e. The first-order valence-corrected chi connectivity index (χ1v) is 7.72. The van der Waals surface area contributed by atoms with Gasteiger partial charge in [-0.05, 0) is 18.9 Å². The Morgan fingerprint density at radius 3 is 2.30 bits per heavy atom. The molecule has 0 saturated carbocycles. The van der Waals surface area contributed by atoms with Crippen molar-refractivity contribution >= 4 is 30.4 Å². The normalized spacial score (nSPS) is 14.4. The van der Waals surface area contributed by atoms with Gasteiger partial charge in [0.25, 0.3) is 0 Å². The van der Waals surface area contributed by atoms with Gasteiger partial charge in [-0.1, -0.05) is 30.3 Å². The fourth-order valence-corrected chi connectivity index (χ4v) is 2.08. The van der Waals surface area contributed by atoms with Gasteiger partial charge >= 0.3 is 5.97 Å². The monoisotopic (exact) mass is 339 g/mol. The Morgan fingerprint density at radius 2 is 1.78 bits per heavy atom. The maximum absolute atomic E-state index is 12.0. The predicted octanol–water partition coefficient (Wildman–Crippen LogP) is -0.440. The van der Waals surface area contributed by atoms with Crippen LogP contribution in [0.25, 0.3) is 0 Å². The molecule has 0 bridgehead atoms. The zero-order valence-corrected chi connectivity index (χ0v) is 13.6. The van der Waals surface area contributed by atoms with Crippen LogP contribution in [-0.4, -0.2) is 46.8 Å². The van der Waals surface area contributed by atoms with Gasteiger partial charge in [0.05, 0.1) is 6.04 Å². The average molecular weight is 339 g/mol. The summed E-state index contributed by atoms with van der Waals surface area (Å²) >= 11 is 3.85. The van der Waals surface area contributed by atoms with Gasteiger partial charge in [-0.3, -0.25) is 9.59 Å². The van der Waals surface area contributed by atoms with E-state index >= 15 is 0 Å². The third-order valence-electron chi connectivity index (χ3n) is 3.18. The number of carbonyl (C=O) groups is 3. The van der Waals surface area contributed by atoms with Crippen molar-refractivity contribution in [2.45, 2.75) is 31.5 Å². The molecule has 2 amide bonds. The molecular formula is C15H21N3O4S. The topological polar surface area (TPSA) is 122 Å². The standard InChI is InChI=1S/C15H21N3O4S/c1-9(13(19)18-12(8-23)15(21)22)17-14(20)11(16)7-10-5-3-2-4-6-10/h2-6,9,11-12,23H,7-8,16H2,1H3,(H,17,20)(H,18,19)(H,21,22). The zero-order valence-electron chi connectivity index (χ0n) is 12.7. The highest BCUT2D eigenvalue weighted by atomic mass is 32.1. The summed E-state index contributed by atoms with van der Waals surface area (Å²) in [6, 6.07) is 6.46. The van der Waals surface area contributed by atoms with E-state index in [1.165, 1.54) is 6.92 Å². The molecule has 0 radical (unpaired) electrons. The Morgan fingerprint density at radius 1 is 1.17 bits per heavy atom. The van der Waals surface area contributed by atoms with E-state index < -0.39 is 35.9 Å². The number of carboxylic acids is 1. The second-order valence-electron chi connectivity index (χ2n) is 5.11. The first-order chi connectivity index (χ1) is 10.8. The molecule has 23 heavy (non-hydrogen) atoms. The number of carbonyl (C=O) groups excluding carboxylic acids is 2. The van der Waals surface area contributed by atoms with E-state index in [1.54, 1.807) is 0 Å². The molecule has 0 aliphatic heterocycles. The molecule has 1 aromatic rings. The van der Waals surface area contributed by atoms with Crippen molar-refractivity contribution in [3.8, 4) is 0 Å².